The van der Waals surface area contributed by atoms with E-state index in [1.54, 1.807) is 0 Å². The quantitative estimate of drug-likeness (QED) is 0.597. The van der Waals surface area contributed by atoms with Gasteiger partial charge in [0.1, 0.15) is 5.41 Å². The van der Waals surface area contributed by atoms with Crippen LogP contribution in [0.5, 0.6) is 0 Å². The van der Waals surface area contributed by atoms with Gasteiger partial charge in [-0.3, -0.25) is 0 Å². The normalized spacial score (nSPS) is 10.0. The lowest BCUT2D eigenvalue weighted by atomic mass is 9.81. The fourth-order valence-electron chi connectivity index (χ4n) is 1.25. The van der Waals surface area contributed by atoms with Crippen LogP contribution in [0.3, 0.4) is 0 Å². The lowest BCUT2D eigenvalue weighted by Gasteiger charge is -2.16. The monoisotopic (exact) mass is 162 g/mol. The highest BCUT2D eigenvalue weighted by Crippen LogP contribution is 2.29. The lowest BCUT2D eigenvalue weighted by molar-refractivity contribution is 0.466. The van der Waals surface area contributed by atoms with Crippen molar-refractivity contribution in [1.82, 2.24) is 0 Å². The van der Waals surface area contributed by atoms with Gasteiger partial charge in [-0.2, -0.15) is 10.5 Å². The fraction of sp³-hybridized carbons (Fsp3) is 0.600. The summed E-state index contributed by atoms with van der Waals surface area (Å²) in [6.45, 7) is 7.54. The van der Waals surface area contributed by atoms with Gasteiger partial charge < -0.3 is 0 Å². The highest BCUT2D eigenvalue weighted by Gasteiger charge is 2.28. The molecular weight excluding hydrogens is 148 g/mol. The van der Waals surface area contributed by atoms with Crippen molar-refractivity contribution >= 4 is 0 Å². The maximum absolute atomic E-state index is 8.84. The molecule has 64 valence electrons. The number of nitriles is 2. The van der Waals surface area contributed by atoms with Crippen LogP contribution in [0.1, 0.15) is 33.1 Å². The molecule has 0 saturated carbocycles. The molecule has 0 aliphatic heterocycles. The van der Waals surface area contributed by atoms with Crippen LogP contribution in [-0.2, 0) is 0 Å². The Morgan fingerprint density at radius 2 is 1.92 bits per heavy atom. The first-order valence-electron chi connectivity index (χ1n) is 4.07. The Balaban J connectivity index is 4.52. The highest BCUT2D eigenvalue weighted by molar-refractivity contribution is 5.18. The first kappa shape index (κ1) is 10.7. The van der Waals surface area contributed by atoms with E-state index >= 15 is 0 Å². The Morgan fingerprint density at radius 3 is 2.17 bits per heavy atom. The van der Waals surface area contributed by atoms with Crippen LogP contribution < -0.4 is 0 Å². The van der Waals surface area contributed by atoms with Crippen molar-refractivity contribution in [3.05, 3.63) is 12.2 Å². The van der Waals surface area contributed by atoms with Crippen LogP contribution in [0.4, 0.5) is 0 Å². The molecule has 0 rings (SSSR count). The van der Waals surface area contributed by atoms with Crippen LogP contribution in [0.2, 0.25) is 0 Å². The number of hydrogen-bond donors (Lipinski definition) is 0. The zero-order valence-electron chi connectivity index (χ0n) is 7.72. The molecule has 0 N–H and O–H groups in total. The van der Waals surface area contributed by atoms with Crippen LogP contribution in [0.25, 0.3) is 0 Å². The van der Waals surface area contributed by atoms with E-state index in [0.717, 1.165) is 12.0 Å². The predicted molar refractivity (Wildman–Crippen MR) is 48.0 cm³/mol. The number of rotatable bonds is 4. The maximum Gasteiger partial charge on any atom is 0.147 e. The van der Waals surface area contributed by atoms with Gasteiger partial charge in [-0.1, -0.05) is 18.9 Å². The standard InChI is InChI=1S/C10H14N2/c1-4-5-10(7-11,8-12)6-9(2)3/h2,4-6H2,1,3H3. The first-order valence-corrected chi connectivity index (χ1v) is 4.07. The van der Waals surface area contributed by atoms with Crippen molar-refractivity contribution in [3.8, 4) is 12.1 Å². The molecule has 12 heavy (non-hydrogen) atoms. The summed E-state index contributed by atoms with van der Waals surface area (Å²) in [4.78, 5) is 0. The third-order valence-electron chi connectivity index (χ3n) is 1.71. The van der Waals surface area contributed by atoms with Crippen molar-refractivity contribution in [2.75, 3.05) is 0 Å². The van der Waals surface area contributed by atoms with Gasteiger partial charge in [0.05, 0.1) is 12.1 Å². The summed E-state index contributed by atoms with van der Waals surface area (Å²) >= 11 is 0. The highest BCUT2D eigenvalue weighted by atomic mass is 14.4. The van der Waals surface area contributed by atoms with Gasteiger partial charge in [0.15, 0.2) is 0 Å². The summed E-state index contributed by atoms with van der Waals surface area (Å²) in [5.74, 6) is 0. The molecule has 0 aromatic rings. The molecule has 0 aromatic carbocycles. The molecule has 0 amide bonds. The molecule has 2 heteroatoms. The molecule has 0 aliphatic rings. The van der Waals surface area contributed by atoms with Crippen LogP contribution in [0.15, 0.2) is 12.2 Å². The van der Waals surface area contributed by atoms with Gasteiger partial charge in [-0.05, 0) is 19.8 Å². The van der Waals surface area contributed by atoms with Gasteiger partial charge in [0.2, 0.25) is 0 Å². The van der Waals surface area contributed by atoms with Crippen LogP contribution in [0, 0.1) is 28.1 Å². The van der Waals surface area contributed by atoms with Crippen LogP contribution in [-0.4, -0.2) is 0 Å². The molecule has 0 spiro atoms. The van der Waals surface area contributed by atoms with E-state index < -0.39 is 5.41 Å². The van der Waals surface area contributed by atoms with E-state index in [0.29, 0.717) is 12.8 Å². The van der Waals surface area contributed by atoms with Crippen molar-refractivity contribution in [2.45, 2.75) is 33.1 Å². The molecular formula is C10H14N2. The Labute approximate surface area is 74.1 Å². The topological polar surface area (TPSA) is 47.6 Å². The third-order valence-corrected chi connectivity index (χ3v) is 1.71. The Kier molecular flexibility index (Phi) is 4.08. The molecule has 0 aliphatic carbocycles. The minimum Gasteiger partial charge on any atom is -0.197 e. The Hall–Kier alpha value is -1.28. The Morgan fingerprint density at radius 1 is 1.42 bits per heavy atom. The summed E-state index contributed by atoms with van der Waals surface area (Å²) in [6.07, 6.45) is 1.98. The fourth-order valence-corrected chi connectivity index (χ4v) is 1.25. The molecule has 0 saturated heterocycles. The second-order valence-corrected chi connectivity index (χ2v) is 3.19. The van der Waals surface area contributed by atoms with Gasteiger partial charge in [-0.25, -0.2) is 0 Å². The average Bonchev–Trinajstić information content (AvgIpc) is 2.03. The molecule has 0 atom stereocenters. The summed E-state index contributed by atoms with van der Waals surface area (Å²) in [5, 5.41) is 17.7. The van der Waals surface area contributed by atoms with Crippen molar-refractivity contribution in [2.24, 2.45) is 5.41 Å². The minimum absolute atomic E-state index is 0.494. The second-order valence-electron chi connectivity index (χ2n) is 3.19. The molecule has 2 nitrogen and oxygen atoms in total. The lowest BCUT2D eigenvalue weighted by Crippen LogP contribution is -2.15. The zero-order valence-corrected chi connectivity index (χ0v) is 7.72. The number of hydrogen-bond acceptors (Lipinski definition) is 2. The molecule has 0 aromatic heterocycles. The van der Waals surface area contributed by atoms with Crippen LogP contribution >= 0.6 is 0 Å². The van der Waals surface area contributed by atoms with E-state index in [1.165, 1.54) is 0 Å². The van der Waals surface area contributed by atoms with E-state index in [4.69, 9.17) is 10.5 Å². The third kappa shape index (κ3) is 2.76. The number of nitrogens with zero attached hydrogens (tertiary/aromatic N) is 2. The molecule has 0 unspecified atom stereocenters. The minimum atomic E-state index is -0.833. The summed E-state index contributed by atoms with van der Waals surface area (Å²) in [6, 6.07) is 4.15. The zero-order chi connectivity index (χ0) is 9.61. The molecule has 0 radical (unpaired) electrons. The largest absolute Gasteiger partial charge is 0.197 e. The van der Waals surface area contributed by atoms with Crippen molar-refractivity contribution in [3.63, 3.8) is 0 Å². The number of allylic oxidation sites excluding steroid dienone is 1. The first-order chi connectivity index (χ1) is 5.60. The summed E-state index contributed by atoms with van der Waals surface area (Å²) < 4.78 is 0. The average molecular weight is 162 g/mol. The van der Waals surface area contributed by atoms with E-state index in [9.17, 15) is 0 Å². The van der Waals surface area contributed by atoms with Gasteiger partial charge in [0, 0.05) is 0 Å². The van der Waals surface area contributed by atoms with E-state index in [1.807, 2.05) is 13.8 Å². The van der Waals surface area contributed by atoms with Gasteiger partial charge >= 0.3 is 0 Å². The van der Waals surface area contributed by atoms with E-state index in [2.05, 4.69) is 18.7 Å². The molecule has 0 heterocycles. The summed E-state index contributed by atoms with van der Waals surface area (Å²) in [5.41, 5.74) is 0.0622. The SMILES string of the molecule is C=C(C)CC(C#N)(C#N)CCC. The predicted octanol–water partition coefficient (Wildman–Crippen LogP) is 2.79. The smallest absolute Gasteiger partial charge is 0.147 e. The molecule has 0 fully saturated rings. The summed E-state index contributed by atoms with van der Waals surface area (Å²) in [7, 11) is 0. The second kappa shape index (κ2) is 4.57. The maximum atomic E-state index is 8.84. The van der Waals surface area contributed by atoms with Gasteiger partial charge in [0.25, 0.3) is 0 Å². The van der Waals surface area contributed by atoms with Gasteiger partial charge in [-0.15, -0.1) is 6.58 Å². The molecule has 0 bridgehead atoms. The van der Waals surface area contributed by atoms with E-state index in [-0.39, 0.29) is 0 Å². The van der Waals surface area contributed by atoms with Crippen molar-refractivity contribution in [1.29, 1.82) is 10.5 Å². The Bertz CT molecular complexity index is 226. The van der Waals surface area contributed by atoms with Crippen molar-refractivity contribution < 1.29 is 0 Å².